The van der Waals surface area contributed by atoms with Crippen molar-refractivity contribution >= 4 is 34.6 Å². The third kappa shape index (κ3) is 7.25. The minimum absolute atomic E-state index is 0.0299. The first kappa shape index (κ1) is 27.8. The lowest BCUT2D eigenvalue weighted by atomic mass is 9.99. The maximum Gasteiger partial charge on any atom is 0.328 e. The monoisotopic (exact) mass is 491 g/mol. The number of carboxylic acids is 1. The Morgan fingerprint density at radius 2 is 1.51 bits per heavy atom. The molecular weight excluding hydrogens is 458 g/mol. The smallest absolute Gasteiger partial charge is 0.328 e. The summed E-state index contributed by atoms with van der Waals surface area (Å²) in [7, 11) is 0. The van der Waals surface area contributed by atoms with Crippen molar-refractivity contribution in [3.05, 3.63) is 36.0 Å². The molecule has 0 radical (unpaired) electrons. The molecule has 0 saturated heterocycles. The predicted molar refractivity (Wildman–Crippen MR) is 127 cm³/mol. The van der Waals surface area contributed by atoms with Crippen LogP contribution in [0.15, 0.2) is 30.5 Å². The Morgan fingerprint density at radius 1 is 0.943 bits per heavy atom. The molecule has 192 valence electrons. The van der Waals surface area contributed by atoms with E-state index in [1.807, 2.05) is 25.1 Å². The molecular formula is C23H33N5O7. The Bertz CT molecular complexity index is 1040. The van der Waals surface area contributed by atoms with Gasteiger partial charge < -0.3 is 42.0 Å². The predicted octanol–water partition coefficient (Wildman–Crippen LogP) is -1.39. The van der Waals surface area contributed by atoms with Gasteiger partial charge in [0.2, 0.25) is 17.7 Å². The molecule has 0 aliphatic heterocycles. The van der Waals surface area contributed by atoms with Gasteiger partial charge in [-0.25, -0.2) is 4.79 Å². The number of aromatic amines is 1. The molecule has 35 heavy (non-hydrogen) atoms. The fourth-order valence-corrected chi connectivity index (χ4v) is 3.43. The van der Waals surface area contributed by atoms with Crippen LogP contribution in [0.5, 0.6) is 0 Å². The van der Waals surface area contributed by atoms with Crippen LogP contribution in [-0.2, 0) is 25.6 Å². The highest BCUT2D eigenvalue weighted by Crippen LogP contribution is 2.19. The fourth-order valence-electron chi connectivity index (χ4n) is 3.43. The Hall–Kier alpha value is -3.48. The van der Waals surface area contributed by atoms with E-state index in [0.717, 1.165) is 10.9 Å². The quantitative estimate of drug-likeness (QED) is 0.167. The SMILES string of the molecule is CCC(C)C(N)C(=O)NC(CO)C(=O)NC(Cc1c[nH]c2ccccc12)C(=O)NC(CO)C(=O)O. The van der Waals surface area contributed by atoms with E-state index in [-0.39, 0.29) is 12.3 Å². The summed E-state index contributed by atoms with van der Waals surface area (Å²) < 4.78 is 0. The van der Waals surface area contributed by atoms with Gasteiger partial charge in [0, 0.05) is 23.5 Å². The van der Waals surface area contributed by atoms with Crippen LogP contribution in [0.1, 0.15) is 25.8 Å². The number of carboxylic acid groups (broad SMARTS) is 1. The summed E-state index contributed by atoms with van der Waals surface area (Å²) in [6.07, 6.45) is 2.26. The number of aliphatic hydroxyl groups excluding tert-OH is 2. The topological polar surface area (TPSA) is 207 Å². The van der Waals surface area contributed by atoms with Crippen LogP contribution in [0.25, 0.3) is 10.9 Å². The number of aliphatic hydroxyl groups is 2. The van der Waals surface area contributed by atoms with Crippen LogP contribution in [0.4, 0.5) is 0 Å². The molecule has 0 aliphatic carbocycles. The van der Waals surface area contributed by atoms with Gasteiger partial charge >= 0.3 is 5.97 Å². The van der Waals surface area contributed by atoms with Gasteiger partial charge in [-0.1, -0.05) is 38.5 Å². The highest BCUT2D eigenvalue weighted by molar-refractivity contribution is 5.95. The Morgan fingerprint density at radius 3 is 2.11 bits per heavy atom. The normalized spacial score (nSPS) is 15.5. The molecule has 1 aromatic heterocycles. The molecule has 1 heterocycles. The molecule has 0 bridgehead atoms. The first-order chi connectivity index (χ1) is 16.6. The van der Waals surface area contributed by atoms with Gasteiger partial charge in [-0.3, -0.25) is 14.4 Å². The zero-order valence-electron chi connectivity index (χ0n) is 19.7. The van der Waals surface area contributed by atoms with E-state index in [1.54, 1.807) is 19.2 Å². The van der Waals surface area contributed by atoms with Crippen LogP contribution in [0.3, 0.4) is 0 Å². The fraction of sp³-hybridized carbons (Fsp3) is 0.478. The molecule has 5 atom stereocenters. The second kappa shape index (κ2) is 12.8. The molecule has 2 rings (SSSR count). The minimum Gasteiger partial charge on any atom is -0.480 e. The Balaban J connectivity index is 2.24. The molecule has 3 amide bonds. The van der Waals surface area contributed by atoms with Gasteiger partial charge in [0.25, 0.3) is 0 Å². The largest absolute Gasteiger partial charge is 0.480 e. The summed E-state index contributed by atoms with van der Waals surface area (Å²) in [5.74, 6) is -3.95. The highest BCUT2D eigenvalue weighted by atomic mass is 16.4. The number of hydrogen-bond donors (Lipinski definition) is 8. The molecule has 2 aromatic rings. The van der Waals surface area contributed by atoms with Crippen LogP contribution < -0.4 is 21.7 Å². The molecule has 1 aromatic carbocycles. The Kier molecular flexibility index (Phi) is 10.2. The molecule has 12 heteroatoms. The number of aliphatic carboxylic acids is 1. The average molecular weight is 492 g/mol. The summed E-state index contributed by atoms with van der Waals surface area (Å²) >= 11 is 0. The first-order valence-electron chi connectivity index (χ1n) is 11.3. The number of carbonyl (C=O) groups excluding carboxylic acids is 3. The maximum atomic E-state index is 12.9. The summed E-state index contributed by atoms with van der Waals surface area (Å²) in [6.45, 7) is 2.04. The number of hydrogen-bond acceptors (Lipinski definition) is 7. The van der Waals surface area contributed by atoms with E-state index in [0.29, 0.717) is 12.0 Å². The standard InChI is InChI=1S/C23H33N5O7/c1-3-12(2)19(24)22(33)27-17(10-29)21(32)26-16(20(31)28-18(11-30)23(34)35)8-13-9-25-15-7-5-4-6-14(13)15/h4-7,9,12,16-19,25,29-30H,3,8,10-11,24H2,1-2H3,(H,26,32)(H,27,33)(H,28,31)(H,34,35). The van der Waals surface area contributed by atoms with Crippen molar-refractivity contribution in [1.82, 2.24) is 20.9 Å². The maximum absolute atomic E-state index is 12.9. The van der Waals surface area contributed by atoms with Gasteiger partial charge in [0.05, 0.1) is 19.3 Å². The van der Waals surface area contributed by atoms with Crippen molar-refractivity contribution in [2.45, 2.75) is 50.9 Å². The van der Waals surface area contributed by atoms with E-state index in [4.69, 9.17) is 10.8 Å². The van der Waals surface area contributed by atoms with E-state index < -0.39 is 61.1 Å². The molecule has 12 nitrogen and oxygen atoms in total. The van der Waals surface area contributed by atoms with E-state index >= 15 is 0 Å². The number of nitrogens with one attached hydrogen (secondary N) is 4. The minimum atomic E-state index is -1.58. The second-order valence-corrected chi connectivity index (χ2v) is 8.36. The number of rotatable bonds is 13. The number of fused-ring (bicyclic) bond motifs is 1. The number of carbonyl (C=O) groups is 4. The van der Waals surface area contributed by atoms with Crippen molar-refractivity contribution < 1.29 is 34.5 Å². The number of amides is 3. The van der Waals surface area contributed by atoms with Crippen molar-refractivity contribution in [1.29, 1.82) is 0 Å². The summed E-state index contributed by atoms with van der Waals surface area (Å²) in [5, 5.41) is 36.0. The number of benzene rings is 1. The van der Waals surface area contributed by atoms with Gasteiger partial charge in [0.15, 0.2) is 0 Å². The lowest BCUT2D eigenvalue weighted by Gasteiger charge is -2.25. The zero-order chi connectivity index (χ0) is 26.1. The molecule has 9 N–H and O–H groups in total. The molecule has 0 aliphatic rings. The number of H-pyrrole nitrogens is 1. The third-order valence-corrected chi connectivity index (χ3v) is 5.90. The summed E-state index contributed by atoms with van der Waals surface area (Å²) in [5.41, 5.74) is 7.36. The van der Waals surface area contributed by atoms with Crippen molar-refractivity contribution in [3.8, 4) is 0 Å². The highest BCUT2D eigenvalue weighted by Gasteiger charge is 2.31. The number of para-hydroxylation sites is 1. The summed E-state index contributed by atoms with van der Waals surface area (Å²) in [6, 6.07) is 2.15. The van der Waals surface area contributed by atoms with Gasteiger partial charge in [0.1, 0.15) is 18.1 Å². The summed E-state index contributed by atoms with van der Waals surface area (Å²) in [4.78, 5) is 52.5. The molecule has 5 unspecified atom stereocenters. The van der Waals surface area contributed by atoms with Crippen LogP contribution in [-0.4, -0.2) is 81.4 Å². The Labute approximate surface area is 202 Å². The van der Waals surface area contributed by atoms with Gasteiger partial charge in [-0.05, 0) is 17.5 Å². The first-order valence-corrected chi connectivity index (χ1v) is 11.3. The van der Waals surface area contributed by atoms with E-state index in [9.17, 15) is 29.4 Å². The molecule has 0 fully saturated rings. The van der Waals surface area contributed by atoms with Crippen LogP contribution in [0.2, 0.25) is 0 Å². The lowest BCUT2D eigenvalue weighted by molar-refractivity contribution is -0.143. The number of nitrogens with two attached hydrogens (primary N) is 1. The van der Waals surface area contributed by atoms with Gasteiger partial charge in [-0.15, -0.1) is 0 Å². The van der Waals surface area contributed by atoms with Gasteiger partial charge in [-0.2, -0.15) is 0 Å². The number of aromatic nitrogens is 1. The third-order valence-electron chi connectivity index (χ3n) is 5.90. The van der Waals surface area contributed by atoms with Crippen LogP contribution >= 0.6 is 0 Å². The average Bonchev–Trinajstić information content (AvgIpc) is 3.26. The second-order valence-electron chi connectivity index (χ2n) is 8.36. The van der Waals surface area contributed by atoms with Crippen molar-refractivity contribution in [3.63, 3.8) is 0 Å². The van der Waals surface area contributed by atoms with Crippen molar-refractivity contribution in [2.24, 2.45) is 11.7 Å². The lowest BCUT2D eigenvalue weighted by Crippen LogP contribution is -2.59. The molecule has 0 spiro atoms. The molecule has 0 saturated carbocycles. The van der Waals surface area contributed by atoms with Crippen molar-refractivity contribution in [2.75, 3.05) is 13.2 Å². The zero-order valence-corrected chi connectivity index (χ0v) is 19.7. The van der Waals surface area contributed by atoms with Crippen LogP contribution in [0, 0.1) is 5.92 Å². The van der Waals surface area contributed by atoms with E-state index in [2.05, 4.69) is 20.9 Å². The van der Waals surface area contributed by atoms with E-state index in [1.165, 1.54) is 0 Å².